The third kappa shape index (κ3) is 3.52. The highest BCUT2D eigenvalue weighted by molar-refractivity contribution is 6.41. The first-order valence-corrected chi connectivity index (χ1v) is 6.41. The zero-order valence-electron chi connectivity index (χ0n) is 11.5. The molecule has 2 nitrogen and oxygen atoms in total. The fourth-order valence-electron chi connectivity index (χ4n) is 2.49. The number of hydrogen-bond donors (Lipinski definition) is 0. The molecule has 1 rings (SSSR count). The second kappa shape index (κ2) is 5.94. The second-order valence-corrected chi connectivity index (χ2v) is 5.59. The highest BCUT2D eigenvalue weighted by atomic mass is 16.2. The normalized spacial score (nSPS) is 22.6. The summed E-state index contributed by atoms with van der Waals surface area (Å²) in [6, 6.07) is 0. The summed E-state index contributed by atoms with van der Waals surface area (Å²) < 4.78 is 0. The standard InChI is InChI=1S/C16H22O2/c1-5-7-14(17)15(18)10-9-13-12(2)8-6-11-16(13,3)4/h5,8-10,13H,1,6-7,11H2,2-4H3/b10-9+. The minimum atomic E-state index is -0.427. The predicted octanol–water partition coefficient (Wildman–Crippen LogP) is 3.64. The molecule has 0 aromatic heterocycles. The smallest absolute Gasteiger partial charge is 0.221 e. The number of rotatable bonds is 5. The Kier molecular flexibility index (Phi) is 4.83. The Hall–Kier alpha value is -1.44. The van der Waals surface area contributed by atoms with E-state index in [1.165, 1.54) is 17.7 Å². The molecular formula is C16H22O2. The van der Waals surface area contributed by atoms with Crippen LogP contribution in [0.4, 0.5) is 0 Å². The number of hydrogen-bond acceptors (Lipinski definition) is 2. The third-order valence-corrected chi connectivity index (χ3v) is 3.63. The topological polar surface area (TPSA) is 34.1 Å². The van der Waals surface area contributed by atoms with Gasteiger partial charge >= 0.3 is 0 Å². The van der Waals surface area contributed by atoms with Crippen LogP contribution in [0.3, 0.4) is 0 Å². The summed E-state index contributed by atoms with van der Waals surface area (Å²) in [7, 11) is 0. The Morgan fingerprint density at radius 3 is 2.72 bits per heavy atom. The molecule has 0 aromatic rings. The average molecular weight is 246 g/mol. The zero-order chi connectivity index (χ0) is 13.8. The van der Waals surface area contributed by atoms with Crippen molar-refractivity contribution in [3.8, 4) is 0 Å². The van der Waals surface area contributed by atoms with E-state index in [0.717, 1.165) is 12.8 Å². The summed E-state index contributed by atoms with van der Waals surface area (Å²) in [6.07, 6.45) is 9.31. The van der Waals surface area contributed by atoms with Gasteiger partial charge in [0.25, 0.3) is 0 Å². The van der Waals surface area contributed by atoms with Crippen LogP contribution in [0.5, 0.6) is 0 Å². The van der Waals surface area contributed by atoms with E-state index in [4.69, 9.17) is 0 Å². The Balaban J connectivity index is 2.79. The summed E-state index contributed by atoms with van der Waals surface area (Å²) >= 11 is 0. The molecule has 0 spiro atoms. The van der Waals surface area contributed by atoms with Crippen molar-refractivity contribution in [2.75, 3.05) is 0 Å². The van der Waals surface area contributed by atoms with Gasteiger partial charge in [0.2, 0.25) is 11.6 Å². The molecule has 0 aromatic carbocycles. The Morgan fingerprint density at radius 1 is 1.50 bits per heavy atom. The van der Waals surface area contributed by atoms with E-state index < -0.39 is 11.6 Å². The van der Waals surface area contributed by atoms with Gasteiger partial charge in [0.1, 0.15) is 0 Å². The lowest BCUT2D eigenvalue weighted by molar-refractivity contribution is -0.133. The summed E-state index contributed by atoms with van der Waals surface area (Å²) in [5, 5.41) is 0. The molecule has 98 valence electrons. The molecule has 0 fully saturated rings. The van der Waals surface area contributed by atoms with E-state index in [9.17, 15) is 9.59 Å². The van der Waals surface area contributed by atoms with Crippen LogP contribution in [0.2, 0.25) is 0 Å². The molecule has 0 aliphatic heterocycles. The largest absolute Gasteiger partial charge is 0.290 e. The van der Waals surface area contributed by atoms with Gasteiger partial charge in [-0.25, -0.2) is 0 Å². The fourth-order valence-corrected chi connectivity index (χ4v) is 2.49. The van der Waals surface area contributed by atoms with Gasteiger partial charge in [-0.1, -0.05) is 37.6 Å². The van der Waals surface area contributed by atoms with Crippen molar-refractivity contribution in [2.45, 2.75) is 40.0 Å². The highest BCUT2D eigenvalue weighted by Gasteiger charge is 2.30. The van der Waals surface area contributed by atoms with Crippen LogP contribution in [0.15, 0.2) is 36.5 Å². The molecular weight excluding hydrogens is 224 g/mol. The van der Waals surface area contributed by atoms with Crippen LogP contribution in [-0.2, 0) is 9.59 Å². The predicted molar refractivity (Wildman–Crippen MR) is 74.2 cm³/mol. The lowest BCUT2D eigenvalue weighted by Gasteiger charge is -2.36. The second-order valence-electron chi connectivity index (χ2n) is 5.59. The number of carbonyl (C=O) groups excluding carboxylic acids is 2. The molecule has 1 unspecified atom stereocenters. The molecule has 1 atom stereocenters. The molecule has 1 aliphatic carbocycles. The Labute approximate surface area is 109 Å². The molecule has 18 heavy (non-hydrogen) atoms. The van der Waals surface area contributed by atoms with Crippen molar-refractivity contribution in [2.24, 2.45) is 11.3 Å². The molecule has 1 aliphatic rings. The quantitative estimate of drug-likeness (QED) is 0.421. The Bertz CT molecular complexity index is 411. The number of Topliss-reactive ketones (excluding diaryl/α,β-unsaturated/α-hetero) is 1. The zero-order valence-corrected chi connectivity index (χ0v) is 11.5. The highest BCUT2D eigenvalue weighted by Crippen LogP contribution is 2.41. The average Bonchev–Trinajstić information content (AvgIpc) is 2.27. The van der Waals surface area contributed by atoms with Crippen LogP contribution in [0, 0.1) is 11.3 Å². The molecule has 0 bridgehead atoms. The van der Waals surface area contributed by atoms with E-state index in [1.807, 2.05) is 6.08 Å². The number of ketones is 2. The van der Waals surface area contributed by atoms with E-state index in [-0.39, 0.29) is 17.8 Å². The molecule has 0 N–H and O–H groups in total. The number of allylic oxidation sites excluding steroid dienone is 5. The van der Waals surface area contributed by atoms with Crippen LogP contribution < -0.4 is 0 Å². The van der Waals surface area contributed by atoms with Gasteiger partial charge in [0.15, 0.2) is 0 Å². The maximum absolute atomic E-state index is 11.6. The lowest BCUT2D eigenvalue weighted by Crippen LogP contribution is -2.26. The van der Waals surface area contributed by atoms with Crippen LogP contribution in [0.25, 0.3) is 0 Å². The first kappa shape index (κ1) is 14.6. The minimum absolute atomic E-state index is 0.117. The summed E-state index contributed by atoms with van der Waals surface area (Å²) in [5.74, 6) is -0.577. The van der Waals surface area contributed by atoms with Gasteiger partial charge in [-0.15, -0.1) is 6.58 Å². The lowest BCUT2D eigenvalue weighted by atomic mass is 9.68. The van der Waals surface area contributed by atoms with E-state index in [0.29, 0.717) is 0 Å². The van der Waals surface area contributed by atoms with Gasteiger partial charge in [-0.3, -0.25) is 9.59 Å². The van der Waals surface area contributed by atoms with Crippen LogP contribution >= 0.6 is 0 Å². The van der Waals surface area contributed by atoms with E-state index in [1.54, 1.807) is 0 Å². The van der Waals surface area contributed by atoms with Crippen LogP contribution in [-0.4, -0.2) is 11.6 Å². The summed E-state index contributed by atoms with van der Waals surface area (Å²) in [5.41, 5.74) is 1.43. The maximum Gasteiger partial charge on any atom is 0.221 e. The van der Waals surface area contributed by atoms with Gasteiger partial charge in [-0.05, 0) is 31.3 Å². The van der Waals surface area contributed by atoms with E-state index >= 15 is 0 Å². The van der Waals surface area contributed by atoms with Crippen molar-refractivity contribution in [1.29, 1.82) is 0 Å². The number of carbonyl (C=O) groups is 2. The van der Waals surface area contributed by atoms with Gasteiger partial charge in [0.05, 0.1) is 0 Å². The van der Waals surface area contributed by atoms with Crippen molar-refractivity contribution in [3.63, 3.8) is 0 Å². The summed E-state index contributed by atoms with van der Waals surface area (Å²) in [4.78, 5) is 23.0. The van der Waals surface area contributed by atoms with Gasteiger partial charge in [-0.2, -0.15) is 0 Å². The van der Waals surface area contributed by atoms with Gasteiger partial charge < -0.3 is 0 Å². The monoisotopic (exact) mass is 246 g/mol. The molecule has 2 heteroatoms. The molecule has 0 saturated heterocycles. The molecule has 0 radical (unpaired) electrons. The minimum Gasteiger partial charge on any atom is -0.290 e. The molecule has 0 heterocycles. The van der Waals surface area contributed by atoms with Crippen molar-refractivity contribution >= 4 is 11.6 Å². The van der Waals surface area contributed by atoms with Crippen molar-refractivity contribution < 1.29 is 9.59 Å². The van der Waals surface area contributed by atoms with Gasteiger partial charge in [0, 0.05) is 12.3 Å². The van der Waals surface area contributed by atoms with Crippen LogP contribution in [0.1, 0.15) is 40.0 Å². The van der Waals surface area contributed by atoms with Crippen molar-refractivity contribution in [3.05, 3.63) is 36.5 Å². The first-order valence-electron chi connectivity index (χ1n) is 6.41. The first-order chi connectivity index (χ1) is 8.38. The van der Waals surface area contributed by atoms with E-state index in [2.05, 4.69) is 33.4 Å². The fraction of sp³-hybridized carbons (Fsp3) is 0.500. The SMILES string of the molecule is C=CCC(=O)C(=O)/C=C/C1C(C)=CCCC1(C)C. The summed E-state index contributed by atoms with van der Waals surface area (Å²) in [6.45, 7) is 9.96. The van der Waals surface area contributed by atoms with Crippen molar-refractivity contribution in [1.82, 2.24) is 0 Å². The maximum atomic E-state index is 11.6. The Morgan fingerprint density at radius 2 is 2.17 bits per heavy atom. The molecule has 0 amide bonds. The molecule has 0 saturated carbocycles. The third-order valence-electron chi connectivity index (χ3n) is 3.63.